The zero-order valence-corrected chi connectivity index (χ0v) is 30.6. The number of aryl methyl sites for hydroxylation is 1. The van der Waals surface area contributed by atoms with Gasteiger partial charge in [0.2, 0.25) is 0 Å². The summed E-state index contributed by atoms with van der Waals surface area (Å²) in [6, 6.07) is 38.1. The third-order valence-electron chi connectivity index (χ3n) is 9.50. The van der Waals surface area contributed by atoms with Crippen LogP contribution >= 0.6 is 0 Å². The van der Waals surface area contributed by atoms with E-state index >= 15 is 0 Å². The Morgan fingerprint density at radius 3 is 1.70 bits per heavy atom. The Morgan fingerprint density at radius 1 is 0.604 bits per heavy atom. The summed E-state index contributed by atoms with van der Waals surface area (Å²) in [6.45, 7) is 15.0. The Morgan fingerprint density at radius 2 is 1.13 bits per heavy atom. The normalized spacial score (nSPS) is 12.2. The van der Waals surface area contributed by atoms with Gasteiger partial charge in [-0.3, -0.25) is 0 Å². The monoisotopic (exact) mass is 707 g/mol. The zero-order valence-electron chi connectivity index (χ0n) is 30.6. The summed E-state index contributed by atoms with van der Waals surface area (Å²) in [5.41, 5.74) is 11.6. The zero-order chi connectivity index (χ0) is 37.4. The first-order valence-electron chi connectivity index (χ1n) is 17.9. The van der Waals surface area contributed by atoms with Crippen molar-refractivity contribution in [3.05, 3.63) is 151 Å². The first-order valence-corrected chi connectivity index (χ1v) is 17.9. The first kappa shape index (κ1) is 36.7. The van der Waals surface area contributed by atoms with Crippen LogP contribution in [0, 0.1) is 6.92 Å². The Hall–Kier alpha value is -6.08. The lowest BCUT2D eigenvalue weighted by Gasteiger charge is -2.27. The van der Waals surface area contributed by atoms with Crippen molar-refractivity contribution >= 4 is 29.0 Å². The molecule has 7 heteroatoms. The van der Waals surface area contributed by atoms with E-state index in [-0.39, 0.29) is 18.6 Å². The maximum absolute atomic E-state index is 11.3. The Labute approximate surface area is 312 Å². The summed E-state index contributed by atoms with van der Waals surface area (Å²) >= 11 is 0. The minimum atomic E-state index is -0.439. The highest BCUT2D eigenvalue weighted by atomic mass is 16.5. The average molecular weight is 708 g/mol. The van der Waals surface area contributed by atoms with E-state index < -0.39 is 11.9 Å². The lowest BCUT2D eigenvalue weighted by Crippen LogP contribution is -2.15. The van der Waals surface area contributed by atoms with Crippen molar-refractivity contribution < 1.29 is 28.5 Å². The van der Waals surface area contributed by atoms with E-state index in [0.29, 0.717) is 26.1 Å². The molecule has 0 fully saturated rings. The fourth-order valence-electron chi connectivity index (χ4n) is 6.72. The Bertz CT molecular complexity index is 2020. The molecule has 5 aromatic rings. The number of rotatable bonds is 16. The second-order valence-corrected chi connectivity index (χ2v) is 13.4. The van der Waals surface area contributed by atoms with Crippen LogP contribution in [-0.2, 0) is 24.5 Å². The van der Waals surface area contributed by atoms with Crippen molar-refractivity contribution in [2.24, 2.45) is 0 Å². The van der Waals surface area contributed by atoms with E-state index in [2.05, 4.69) is 99.5 Å². The van der Waals surface area contributed by atoms with Crippen LogP contribution in [0.5, 0.6) is 11.5 Å². The van der Waals surface area contributed by atoms with Crippen LogP contribution in [0.2, 0.25) is 0 Å². The molecule has 0 N–H and O–H groups in total. The van der Waals surface area contributed by atoms with Gasteiger partial charge in [-0.05, 0) is 113 Å². The first-order chi connectivity index (χ1) is 25.7. The van der Waals surface area contributed by atoms with Crippen LogP contribution < -0.4 is 14.4 Å². The molecule has 0 atom stereocenters. The van der Waals surface area contributed by atoms with Crippen molar-refractivity contribution in [2.75, 3.05) is 31.3 Å². The fraction of sp³-hybridized carbons (Fsp3) is 0.217. The lowest BCUT2D eigenvalue weighted by atomic mass is 9.81. The SMILES string of the molecule is C=CC(=O)OCCCOc1ccc(N(c2ccc(OCCCOC(=O)C=C)cc2)c2ccc(C)c(-c3ccc4c(c3)C(C)(C)c3ccccc3-4)c2)cc1. The predicted octanol–water partition coefficient (Wildman–Crippen LogP) is 10.4. The Kier molecular flexibility index (Phi) is 11.4. The second-order valence-electron chi connectivity index (χ2n) is 13.4. The van der Waals surface area contributed by atoms with Gasteiger partial charge in [-0.15, -0.1) is 0 Å². The molecule has 1 aliphatic rings. The molecule has 0 radical (unpaired) electrons. The molecule has 6 rings (SSSR count). The van der Waals surface area contributed by atoms with Gasteiger partial charge in [0.25, 0.3) is 0 Å². The molecule has 0 heterocycles. The molecule has 0 saturated carbocycles. The molecule has 0 spiro atoms. The molecule has 0 aromatic heterocycles. The Balaban J connectivity index is 1.28. The predicted molar refractivity (Wildman–Crippen MR) is 211 cm³/mol. The van der Waals surface area contributed by atoms with Gasteiger partial charge < -0.3 is 23.8 Å². The molecule has 7 nitrogen and oxygen atoms in total. The molecular formula is C46H45NO6. The number of carbonyl (C=O) groups is 2. The smallest absolute Gasteiger partial charge is 0.330 e. The van der Waals surface area contributed by atoms with Gasteiger partial charge in [0.1, 0.15) is 11.5 Å². The van der Waals surface area contributed by atoms with Gasteiger partial charge in [0, 0.05) is 47.5 Å². The summed E-state index contributed by atoms with van der Waals surface area (Å²) in [5.74, 6) is 0.561. The number of hydrogen-bond acceptors (Lipinski definition) is 7. The minimum absolute atomic E-state index is 0.0980. The minimum Gasteiger partial charge on any atom is -0.493 e. The van der Waals surface area contributed by atoms with Gasteiger partial charge in [-0.25, -0.2) is 9.59 Å². The summed E-state index contributed by atoms with van der Waals surface area (Å²) in [7, 11) is 0. The number of nitrogens with zero attached hydrogens (tertiary/aromatic N) is 1. The summed E-state index contributed by atoms with van der Waals surface area (Å²) in [4.78, 5) is 24.9. The third-order valence-corrected chi connectivity index (χ3v) is 9.50. The van der Waals surface area contributed by atoms with Crippen LogP contribution in [0.15, 0.2) is 135 Å². The highest BCUT2D eigenvalue weighted by molar-refractivity contribution is 5.86. The van der Waals surface area contributed by atoms with E-state index in [1.807, 2.05) is 48.5 Å². The lowest BCUT2D eigenvalue weighted by molar-refractivity contribution is -0.138. The maximum Gasteiger partial charge on any atom is 0.330 e. The third kappa shape index (κ3) is 8.36. The number of hydrogen-bond donors (Lipinski definition) is 0. The number of fused-ring (bicyclic) bond motifs is 3. The van der Waals surface area contributed by atoms with Crippen molar-refractivity contribution in [2.45, 2.75) is 39.0 Å². The molecule has 0 saturated heterocycles. The molecule has 0 unspecified atom stereocenters. The molecule has 1 aliphatic carbocycles. The van der Waals surface area contributed by atoms with Crippen LogP contribution in [-0.4, -0.2) is 38.4 Å². The van der Waals surface area contributed by atoms with Gasteiger partial charge in [0.05, 0.1) is 26.4 Å². The van der Waals surface area contributed by atoms with E-state index in [1.165, 1.54) is 33.4 Å². The number of ether oxygens (including phenoxy) is 4. The molecule has 0 amide bonds. The van der Waals surface area contributed by atoms with Crippen molar-refractivity contribution in [1.29, 1.82) is 0 Å². The molecule has 5 aromatic carbocycles. The van der Waals surface area contributed by atoms with E-state index in [1.54, 1.807) is 0 Å². The summed E-state index contributed by atoms with van der Waals surface area (Å²) < 4.78 is 22.0. The quantitative estimate of drug-likeness (QED) is 0.0574. The number of benzene rings is 5. The van der Waals surface area contributed by atoms with Crippen molar-refractivity contribution in [3.63, 3.8) is 0 Å². The largest absolute Gasteiger partial charge is 0.493 e. The molecule has 270 valence electrons. The van der Waals surface area contributed by atoms with Crippen LogP contribution in [0.3, 0.4) is 0 Å². The van der Waals surface area contributed by atoms with Crippen LogP contribution in [0.1, 0.15) is 43.4 Å². The van der Waals surface area contributed by atoms with Gasteiger partial charge in [-0.1, -0.05) is 69.5 Å². The van der Waals surface area contributed by atoms with Crippen molar-refractivity contribution in [1.82, 2.24) is 0 Å². The number of esters is 2. The molecular weight excluding hydrogens is 663 g/mol. The standard InChI is InChI=1S/C46H45NO6/c1-6-44(48)52-28-10-26-50-37-21-17-34(18-22-37)47(35-19-23-38(24-20-35)51-27-11-29-53-45(49)7-2)36-16-14-32(3)41(31-36)33-15-25-40-39-12-8-9-13-42(39)46(4,5)43(40)30-33/h6-9,12-25,30-31H,1-2,10-11,26-29H2,3-5H3. The highest BCUT2D eigenvalue weighted by Gasteiger charge is 2.35. The fourth-order valence-corrected chi connectivity index (χ4v) is 6.72. The van der Waals surface area contributed by atoms with Gasteiger partial charge in [-0.2, -0.15) is 0 Å². The summed E-state index contributed by atoms with van der Waals surface area (Å²) in [5, 5.41) is 0. The topological polar surface area (TPSA) is 74.3 Å². The second kappa shape index (κ2) is 16.5. The molecule has 0 bridgehead atoms. The molecule has 0 aliphatic heterocycles. The molecule has 53 heavy (non-hydrogen) atoms. The summed E-state index contributed by atoms with van der Waals surface area (Å²) in [6.07, 6.45) is 3.45. The number of anilines is 3. The number of carbonyl (C=O) groups excluding carboxylic acids is 2. The highest BCUT2D eigenvalue weighted by Crippen LogP contribution is 2.50. The maximum atomic E-state index is 11.3. The van der Waals surface area contributed by atoms with E-state index in [9.17, 15) is 9.59 Å². The van der Waals surface area contributed by atoms with Crippen LogP contribution in [0.25, 0.3) is 22.3 Å². The van der Waals surface area contributed by atoms with Gasteiger partial charge >= 0.3 is 11.9 Å². The van der Waals surface area contributed by atoms with Crippen molar-refractivity contribution in [3.8, 4) is 33.8 Å². The van der Waals surface area contributed by atoms with Crippen LogP contribution in [0.4, 0.5) is 17.1 Å². The van der Waals surface area contributed by atoms with E-state index in [0.717, 1.165) is 46.3 Å². The van der Waals surface area contributed by atoms with E-state index in [4.69, 9.17) is 18.9 Å². The average Bonchev–Trinajstić information content (AvgIpc) is 3.41. The van der Waals surface area contributed by atoms with Gasteiger partial charge in [0.15, 0.2) is 0 Å².